The smallest absolute Gasteiger partial charge is 0.309 e. The predicted molar refractivity (Wildman–Crippen MR) is 108 cm³/mol. The maximum atomic E-state index is 11.4. The van der Waals surface area contributed by atoms with Crippen LogP contribution in [-0.4, -0.2) is 37.5 Å². The molecule has 0 aliphatic carbocycles. The Hall–Kier alpha value is -2.37. The van der Waals surface area contributed by atoms with Crippen LogP contribution in [0.2, 0.25) is 0 Å². The van der Waals surface area contributed by atoms with Crippen molar-refractivity contribution in [1.29, 1.82) is 0 Å². The molecular weight excluding hydrogens is 360 g/mol. The molecule has 0 saturated heterocycles. The first-order valence-corrected chi connectivity index (χ1v) is 10.3. The van der Waals surface area contributed by atoms with E-state index < -0.39 is 0 Å². The molecule has 0 bridgehead atoms. The van der Waals surface area contributed by atoms with Crippen molar-refractivity contribution in [3.05, 3.63) is 29.5 Å². The van der Waals surface area contributed by atoms with Gasteiger partial charge in [0.2, 0.25) is 0 Å². The van der Waals surface area contributed by atoms with Crippen LogP contribution in [0.5, 0.6) is 11.5 Å². The van der Waals surface area contributed by atoms with Crippen LogP contribution < -0.4 is 9.47 Å². The zero-order valence-electron chi connectivity index (χ0n) is 17.0. The molecule has 0 fully saturated rings. The van der Waals surface area contributed by atoms with Crippen LogP contribution in [0.1, 0.15) is 64.4 Å². The number of esters is 1. The number of unbranched alkanes of at least 4 members (excludes halogenated alkanes) is 5. The second kappa shape index (κ2) is 12.2. The average molecular weight is 392 g/mol. The Kier molecular flexibility index (Phi) is 9.52. The molecule has 6 nitrogen and oxygen atoms in total. The van der Waals surface area contributed by atoms with E-state index in [1.54, 1.807) is 25.1 Å². The van der Waals surface area contributed by atoms with Crippen molar-refractivity contribution in [2.24, 2.45) is 0 Å². The summed E-state index contributed by atoms with van der Waals surface area (Å²) in [6.07, 6.45) is 7.27. The molecule has 1 aromatic carbocycles. The van der Waals surface area contributed by atoms with Gasteiger partial charge in [-0.1, -0.05) is 39.0 Å². The van der Waals surface area contributed by atoms with E-state index in [-0.39, 0.29) is 31.4 Å². The van der Waals surface area contributed by atoms with Crippen molar-refractivity contribution in [1.82, 2.24) is 0 Å². The van der Waals surface area contributed by atoms with Crippen molar-refractivity contribution < 1.29 is 28.8 Å². The van der Waals surface area contributed by atoms with Crippen molar-refractivity contribution >= 4 is 11.7 Å². The summed E-state index contributed by atoms with van der Waals surface area (Å²) in [6, 6.07) is 5.19. The number of hydrogen-bond acceptors (Lipinski definition) is 6. The molecule has 1 aliphatic rings. The van der Waals surface area contributed by atoms with Crippen LogP contribution in [-0.2, 0) is 14.3 Å². The van der Waals surface area contributed by atoms with Gasteiger partial charge < -0.3 is 24.1 Å². The third kappa shape index (κ3) is 6.98. The van der Waals surface area contributed by atoms with Crippen molar-refractivity contribution in [3.63, 3.8) is 0 Å². The number of rotatable bonds is 13. The van der Waals surface area contributed by atoms with Crippen LogP contribution in [0, 0.1) is 0 Å². The van der Waals surface area contributed by atoms with Crippen molar-refractivity contribution in [3.8, 4) is 11.5 Å². The van der Waals surface area contributed by atoms with Gasteiger partial charge >= 0.3 is 5.97 Å². The molecule has 0 aromatic heterocycles. The van der Waals surface area contributed by atoms with Crippen LogP contribution in [0.25, 0.3) is 5.76 Å². The van der Waals surface area contributed by atoms with Gasteiger partial charge in [-0.25, -0.2) is 0 Å². The molecule has 0 amide bonds. The third-order valence-corrected chi connectivity index (χ3v) is 4.48. The molecule has 6 heteroatoms. The van der Waals surface area contributed by atoms with Crippen LogP contribution in [0.15, 0.2) is 24.0 Å². The van der Waals surface area contributed by atoms with E-state index in [0.29, 0.717) is 36.0 Å². The summed E-state index contributed by atoms with van der Waals surface area (Å²) in [5, 5.41) is 10.5. The molecule has 0 atom stereocenters. The number of aliphatic hydroxyl groups is 1. The minimum atomic E-state index is -0.295. The first kappa shape index (κ1) is 21.9. The van der Waals surface area contributed by atoms with E-state index in [1.165, 1.54) is 25.7 Å². The highest BCUT2D eigenvalue weighted by Gasteiger charge is 2.22. The lowest BCUT2D eigenvalue weighted by atomic mass is 10.1. The number of carbonyl (C=O) groups excluding carboxylic acids is 1. The Morgan fingerprint density at radius 3 is 2.64 bits per heavy atom. The van der Waals surface area contributed by atoms with Gasteiger partial charge in [0.25, 0.3) is 0 Å². The highest BCUT2D eigenvalue weighted by Crippen LogP contribution is 2.34. The third-order valence-electron chi connectivity index (χ3n) is 4.48. The van der Waals surface area contributed by atoms with E-state index in [9.17, 15) is 9.90 Å². The lowest BCUT2D eigenvalue weighted by molar-refractivity contribution is -0.143. The van der Waals surface area contributed by atoms with Crippen molar-refractivity contribution in [2.45, 2.75) is 58.8 Å². The van der Waals surface area contributed by atoms with Gasteiger partial charge in [0.05, 0.1) is 31.8 Å². The summed E-state index contributed by atoms with van der Waals surface area (Å²) in [6.45, 7) is 5.33. The number of fused-ring (bicyclic) bond motifs is 1. The average Bonchev–Trinajstić information content (AvgIpc) is 2.69. The maximum Gasteiger partial charge on any atom is 0.309 e. The molecule has 1 aliphatic heterocycles. The number of ether oxygens (including phenoxy) is 4. The maximum absolute atomic E-state index is 11.4. The lowest BCUT2D eigenvalue weighted by Crippen LogP contribution is -2.14. The van der Waals surface area contributed by atoms with Gasteiger partial charge in [-0.05, 0) is 31.5 Å². The quantitative estimate of drug-likeness (QED) is 0.375. The van der Waals surface area contributed by atoms with Gasteiger partial charge in [0.15, 0.2) is 11.5 Å². The zero-order chi connectivity index (χ0) is 20.2. The van der Waals surface area contributed by atoms with Crippen LogP contribution in [0.3, 0.4) is 0 Å². The second-order valence-corrected chi connectivity index (χ2v) is 6.74. The zero-order valence-corrected chi connectivity index (χ0v) is 17.0. The number of aliphatic hydroxyl groups excluding tert-OH is 1. The van der Waals surface area contributed by atoms with E-state index in [0.717, 1.165) is 12.8 Å². The normalized spacial score (nSPS) is 12.9. The second-order valence-electron chi connectivity index (χ2n) is 6.74. The first-order valence-electron chi connectivity index (χ1n) is 10.3. The molecular formula is C22H32O6. The fourth-order valence-corrected chi connectivity index (χ4v) is 2.94. The SMILES string of the molecule is CCCCCCCCOC1=C(O)c2cc(OCCC(=O)OCC)ccc2OC1. The lowest BCUT2D eigenvalue weighted by Gasteiger charge is -2.21. The molecule has 0 unspecified atom stereocenters. The molecule has 1 N–H and O–H groups in total. The summed E-state index contributed by atoms with van der Waals surface area (Å²) in [4.78, 5) is 11.4. The Morgan fingerprint density at radius 2 is 1.86 bits per heavy atom. The topological polar surface area (TPSA) is 74.2 Å². The largest absolute Gasteiger partial charge is 0.504 e. The highest BCUT2D eigenvalue weighted by molar-refractivity contribution is 5.70. The van der Waals surface area contributed by atoms with E-state index in [1.807, 2.05) is 0 Å². The minimum Gasteiger partial charge on any atom is -0.504 e. The summed E-state index contributed by atoms with van der Waals surface area (Å²) in [5.74, 6) is 1.38. The molecule has 2 rings (SSSR count). The molecule has 0 radical (unpaired) electrons. The van der Waals surface area contributed by atoms with E-state index in [4.69, 9.17) is 18.9 Å². The monoisotopic (exact) mass is 392 g/mol. The van der Waals surface area contributed by atoms with E-state index >= 15 is 0 Å². The van der Waals surface area contributed by atoms with Gasteiger partial charge in [-0.15, -0.1) is 0 Å². The molecule has 0 saturated carbocycles. The number of hydrogen-bond donors (Lipinski definition) is 1. The Balaban J connectivity index is 1.85. The summed E-state index contributed by atoms with van der Waals surface area (Å²) in [7, 11) is 0. The standard InChI is InChI=1S/C22H32O6/c1-3-5-6-7-8-9-13-27-20-16-28-19-11-10-17(15-18(19)22(20)24)26-14-12-21(23)25-4-2/h10-11,15,24H,3-9,12-14,16H2,1-2H3. The molecule has 0 spiro atoms. The fraction of sp³-hybridized carbons (Fsp3) is 0.591. The van der Waals surface area contributed by atoms with Gasteiger partial charge in [0.1, 0.15) is 18.1 Å². The Bertz CT molecular complexity index is 652. The predicted octanol–water partition coefficient (Wildman–Crippen LogP) is 5.01. The number of carbonyl (C=O) groups is 1. The summed E-state index contributed by atoms with van der Waals surface area (Å²) in [5.41, 5.74) is 0.540. The Morgan fingerprint density at radius 1 is 1.07 bits per heavy atom. The fourth-order valence-electron chi connectivity index (χ4n) is 2.94. The highest BCUT2D eigenvalue weighted by atomic mass is 16.5. The van der Waals surface area contributed by atoms with Gasteiger partial charge in [0, 0.05) is 0 Å². The molecule has 156 valence electrons. The van der Waals surface area contributed by atoms with Gasteiger partial charge in [-0.3, -0.25) is 4.79 Å². The van der Waals surface area contributed by atoms with Crippen LogP contribution in [0.4, 0.5) is 0 Å². The molecule has 28 heavy (non-hydrogen) atoms. The first-order chi connectivity index (χ1) is 13.7. The summed E-state index contributed by atoms with van der Waals surface area (Å²) >= 11 is 0. The summed E-state index contributed by atoms with van der Waals surface area (Å²) < 4.78 is 21.9. The number of benzene rings is 1. The minimum absolute atomic E-state index is 0.0862. The van der Waals surface area contributed by atoms with Gasteiger partial charge in [-0.2, -0.15) is 0 Å². The van der Waals surface area contributed by atoms with Crippen LogP contribution >= 0.6 is 0 Å². The Labute approximate surface area is 167 Å². The van der Waals surface area contributed by atoms with E-state index in [2.05, 4.69) is 6.92 Å². The molecule has 1 aromatic rings. The van der Waals surface area contributed by atoms with Crippen molar-refractivity contribution in [2.75, 3.05) is 26.4 Å². The molecule has 1 heterocycles.